The summed E-state index contributed by atoms with van der Waals surface area (Å²) in [5.41, 5.74) is 2.29. The number of aromatic nitrogens is 2. The molecule has 1 aromatic carbocycles. The van der Waals surface area contributed by atoms with Crippen LogP contribution in [-0.2, 0) is 14.6 Å². The predicted molar refractivity (Wildman–Crippen MR) is 114 cm³/mol. The number of benzene rings is 1. The van der Waals surface area contributed by atoms with Crippen LogP contribution < -0.4 is 4.90 Å². The maximum atomic E-state index is 12.8. The van der Waals surface area contributed by atoms with E-state index in [-0.39, 0.29) is 23.0 Å². The molecule has 0 bridgehead atoms. The third-order valence-electron chi connectivity index (χ3n) is 4.91. The van der Waals surface area contributed by atoms with Gasteiger partial charge < -0.3 is 9.80 Å². The number of anilines is 1. The number of sulfone groups is 1. The second kappa shape index (κ2) is 8.25. The number of hydrogen-bond donors (Lipinski definition) is 0. The van der Waals surface area contributed by atoms with Crippen molar-refractivity contribution in [2.24, 2.45) is 0 Å². The molecule has 7 nitrogen and oxygen atoms in total. The fourth-order valence-corrected chi connectivity index (χ4v) is 6.01. The first-order valence-corrected chi connectivity index (χ1v) is 12.0. The number of rotatable bonds is 5. The van der Waals surface area contributed by atoms with Crippen LogP contribution in [0.4, 0.5) is 5.82 Å². The van der Waals surface area contributed by atoms with Gasteiger partial charge in [0.1, 0.15) is 5.82 Å². The highest BCUT2D eigenvalue weighted by Gasteiger charge is 2.25. The lowest BCUT2D eigenvalue weighted by Gasteiger charge is -2.35. The third-order valence-corrected chi connectivity index (χ3v) is 7.89. The van der Waals surface area contributed by atoms with Crippen LogP contribution in [-0.4, -0.2) is 61.1 Å². The van der Waals surface area contributed by atoms with Crippen LogP contribution in [0.3, 0.4) is 0 Å². The van der Waals surface area contributed by atoms with Gasteiger partial charge >= 0.3 is 0 Å². The Morgan fingerprint density at radius 1 is 1.10 bits per heavy atom. The number of amides is 1. The second-order valence-electron chi connectivity index (χ2n) is 6.73. The van der Waals surface area contributed by atoms with E-state index in [0.29, 0.717) is 41.4 Å². The maximum Gasteiger partial charge on any atom is 0.223 e. The van der Waals surface area contributed by atoms with Crippen LogP contribution in [0.5, 0.6) is 0 Å². The van der Waals surface area contributed by atoms with Crippen LogP contribution >= 0.6 is 22.9 Å². The van der Waals surface area contributed by atoms with Crippen LogP contribution in [0.2, 0.25) is 5.02 Å². The van der Waals surface area contributed by atoms with Crippen molar-refractivity contribution in [3.8, 4) is 0 Å². The molecule has 1 saturated heterocycles. The van der Waals surface area contributed by atoms with E-state index in [0.717, 1.165) is 5.82 Å². The minimum Gasteiger partial charge on any atom is -0.353 e. The zero-order chi connectivity index (χ0) is 20.4. The lowest BCUT2D eigenvalue weighted by Crippen LogP contribution is -2.49. The highest BCUT2D eigenvalue weighted by Crippen LogP contribution is 2.27. The number of nitrogens with zero attached hydrogens (tertiary/aromatic N) is 4. The molecule has 10 heteroatoms. The highest BCUT2D eigenvalue weighted by molar-refractivity contribution is 7.91. The van der Waals surface area contributed by atoms with Crippen LogP contribution in [0.1, 0.15) is 6.42 Å². The summed E-state index contributed by atoms with van der Waals surface area (Å²) in [6, 6.07) is 8.69. The molecule has 4 rings (SSSR count). The van der Waals surface area contributed by atoms with Gasteiger partial charge in [-0.25, -0.2) is 18.4 Å². The zero-order valence-electron chi connectivity index (χ0n) is 15.5. The van der Waals surface area contributed by atoms with E-state index in [1.165, 1.54) is 11.3 Å². The van der Waals surface area contributed by atoms with Crippen molar-refractivity contribution in [2.45, 2.75) is 11.3 Å². The maximum absolute atomic E-state index is 12.8. The molecule has 29 heavy (non-hydrogen) atoms. The average Bonchev–Trinajstić information content (AvgIpc) is 3.21. The van der Waals surface area contributed by atoms with Gasteiger partial charge in [0, 0.05) is 38.8 Å². The number of halogens is 1. The molecule has 2 aromatic heterocycles. The summed E-state index contributed by atoms with van der Waals surface area (Å²) in [6.45, 7) is 2.36. The Kier molecular flexibility index (Phi) is 5.71. The summed E-state index contributed by atoms with van der Waals surface area (Å²) in [5.74, 6) is 0.470. The van der Waals surface area contributed by atoms with Crippen LogP contribution in [0.15, 0.2) is 46.9 Å². The van der Waals surface area contributed by atoms with Crippen molar-refractivity contribution in [1.82, 2.24) is 14.9 Å². The van der Waals surface area contributed by atoms with Crippen molar-refractivity contribution in [3.05, 3.63) is 47.1 Å². The molecule has 0 N–H and O–H groups in total. The fraction of sp³-hybridized carbons (Fsp3) is 0.316. The van der Waals surface area contributed by atoms with Gasteiger partial charge in [0.25, 0.3) is 0 Å². The number of pyridine rings is 1. The van der Waals surface area contributed by atoms with E-state index < -0.39 is 9.84 Å². The Balaban J connectivity index is 1.35. The lowest BCUT2D eigenvalue weighted by molar-refractivity contribution is -0.131. The van der Waals surface area contributed by atoms with Gasteiger partial charge in [0.05, 0.1) is 31.4 Å². The van der Waals surface area contributed by atoms with E-state index in [1.807, 2.05) is 6.07 Å². The summed E-state index contributed by atoms with van der Waals surface area (Å²) in [7, 11) is -3.56. The smallest absolute Gasteiger partial charge is 0.223 e. The number of carbonyl (C=O) groups excluding carboxylic acids is 1. The number of thiazole rings is 1. The Morgan fingerprint density at radius 3 is 2.62 bits per heavy atom. The van der Waals surface area contributed by atoms with Crippen LogP contribution in [0, 0.1) is 0 Å². The molecule has 0 atom stereocenters. The number of fused-ring (bicyclic) bond motifs is 1. The fourth-order valence-electron chi connectivity index (χ4n) is 3.33. The monoisotopic (exact) mass is 450 g/mol. The standard InChI is InChI=1S/C19H19ClN4O3S2/c20-14-4-5-17(21-12-14)23-7-9-24(10-8-23)18(25)6-11-29(26,27)16-3-1-2-15-19(16)28-13-22-15/h1-5,12-13H,6-11H2. The van der Waals surface area contributed by atoms with E-state index in [1.54, 1.807) is 40.9 Å². The van der Waals surface area contributed by atoms with Gasteiger partial charge in [-0.15, -0.1) is 11.3 Å². The normalized spacial score (nSPS) is 15.1. The molecule has 1 fully saturated rings. The topological polar surface area (TPSA) is 83.5 Å². The van der Waals surface area contributed by atoms with Gasteiger partial charge in [-0.2, -0.15) is 0 Å². The molecule has 0 aliphatic carbocycles. The van der Waals surface area contributed by atoms with E-state index in [4.69, 9.17) is 11.6 Å². The predicted octanol–water partition coefficient (Wildman–Crippen LogP) is 2.86. The zero-order valence-corrected chi connectivity index (χ0v) is 17.9. The Labute approximate surface area is 177 Å². The SMILES string of the molecule is O=C(CCS(=O)(=O)c1cccc2ncsc12)N1CCN(c2ccc(Cl)cn2)CC1. The van der Waals surface area contributed by atoms with Gasteiger partial charge in [-0.1, -0.05) is 17.7 Å². The van der Waals surface area contributed by atoms with Gasteiger partial charge in [-0.3, -0.25) is 4.79 Å². The first-order valence-electron chi connectivity index (χ1n) is 9.13. The molecule has 1 aliphatic rings. The molecule has 3 heterocycles. The molecular formula is C19H19ClN4O3S2. The average molecular weight is 451 g/mol. The lowest BCUT2D eigenvalue weighted by atomic mass is 10.3. The molecule has 0 unspecified atom stereocenters. The molecule has 1 aliphatic heterocycles. The molecule has 3 aromatic rings. The first-order chi connectivity index (χ1) is 13.9. The van der Waals surface area contributed by atoms with Crippen molar-refractivity contribution in [2.75, 3.05) is 36.8 Å². The Hall–Kier alpha value is -2.23. The summed E-state index contributed by atoms with van der Waals surface area (Å²) >= 11 is 7.17. The van der Waals surface area contributed by atoms with Crippen molar-refractivity contribution >= 4 is 54.7 Å². The van der Waals surface area contributed by atoms with E-state index in [9.17, 15) is 13.2 Å². The largest absolute Gasteiger partial charge is 0.353 e. The van der Waals surface area contributed by atoms with Gasteiger partial charge in [0.2, 0.25) is 5.91 Å². The summed E-state index contributed by atoms with van der Waals surface area (Å²) in [6.07, 6.45) is 1.57. The van der Waals surface area contributed by atoms with Gasteiger partial charge in [-0.05, 0) is 24.3 Å². The van der Waals surface area contributed by atoms with Crippen molar-refractivity contribution in [1.29, 1.82) is 0 Å². The second-order valence-corrected chi connectivity index (χ2v) is 10.1. The minimum atomic E-state index is -3.56. The van der Waals surface area contributed by atoms with Crippen LogP contribution in [0.25, 0.3) is 10.2 Å². The minimum absolute atomic E-state index is 0.0310. The molecule has 0 saturated carbocycles. The summed E-state index contributed by atoms with van der Waals surface area (Å²) in [4.78, 5) is 25.1. The van der Waals surface area contributed by atoms with E-state index >= 15 is 0 Å². The van der Waals surface area contributed by atoms with Gasteiger partial charge in [0.15, 0.2) is 9.84 Å². The highest BCUT2D eigenvalue weighted by atomic mass is 35.5. The summed E-state index contributed by atoms with van der Waals surface area (Å²) < 4.78 is 26.2. The molecule has 152 valence electrons. The molecule has 1 amide bonds. The Bertz CT molecular complexity index is 1120. The van der Waals surface area contributed by atoms with Crippen molar-refractivity contribution in [3.63, 3.8) is 0 Å². The summed E-state index contributed by atoms with van der Waals surface area (Å²) in [5, 5.41) is 0.581. The third kappa shape index (κ3) is 4.36. The molecule has 0 spiro atoms. The van der Waals surface area contributed by atoms with Crippen molar-refractivity contribution < 1.29 is 13.2 Å². The Morgan fingerprint density at radius 2 is 1.90 bits per heavy atom. The number of hydrogen-bond acceptors (Lipinski definition) is 7. The molecule has 0 radical (unpaired) electrons. The van der Waals surface area contributed by atoms with E-state index in [2.05, 4.69) is 14.9 Å². The molecular weight excluding hydrogens is 432 g/mol. The first kappa shape index (κ1) is 20.1. The number of piperazine rings is 1. The number of carbonyl (C=O) groups is 1. The quantitative estimate of drug-likeness (QED) is 0.594.